The standard InChI is InChI=1S/C27H41N7O6/c1-3-15(2)23(34-25(37)20(10-6-7-11-28)32-24(36)18(29)13-22(30)35)26(38)33-21(27(39)40)12-16-14-31-19-9-5-4-8-17(16)19/h4-5,8-9,14-15,18,20-21,23,31H,3,6-7,10-13,28-29H2,1-2H3,(H2,30,35)(H,32,36)(H,33,38)(H,34,37)(H,39,40). The first kappa shape index (κ1) is 32.2. The van der Waals surface area contributed by atoms with Crippen molar-refractivity contribution >= 4 is 40.5 Å². The number of nitrogens with one attached hydrogen (secondary N) is 4. The number of para-hydroxylation sites is 1. The van der Waals surface area contributed by atoms with Crippen LogP contribution in [0.2, 0.25) is 0 Å². The number of fused-ring (bicyclic) bond motifs is 1. The number of carbonyl (C=O) groups is 5. The van der Waals surface area contributed by atoms with Gasteiger partial charge in [-0.1, -0.05) is 38.5 Å². The van der Waals surface area contributed by atoms with Crippen LogP contribution in [0.15, 0.2) is 30.5 Å². The third-order valence-electron chi connectivity index (χ3n) is 6.84. The smallest absolute Gasteiger partial charge is 0.326 e. The SMILES string of the molecule is CCC(C)C(NC(=O)C(CCCCN)NC(=O)C(N)CC(N)=O)C(=O)NC(Cc1c[nH]c2ccccc12)C(=O)O. The zero-order valence-corrected chi connectivity index (χ0v) is 22.9. The van der Waals surface area contributed by atoms with Crippen molar-refractivity contribution in [2.75, 3.05) is 6.54 Å². The molecule has 1 aromatic carbocycles. The Morgan fingerprint density at radius 1 is 0.975 bits per heavy atom. The van der Waals surface area contributed by atoms with Crippen molar-refractivity contribution in [2.24, 2.45) is 23.1 Å². The third-order valence-corrected chi connectivity index (χ3v) is 6.84. The van der Waals surface area contributed by atoms with E-state index in [0.29, 0.717) is 25.8 Å². The number of carboxylic acid groups (broad SMARTS) is 1. The van der Waals surface area contributed by atoms with Crippen LogP contribution >= 0.6 is 0 Å². The second kappa shape index (κ2) is 15.6. The van der Waals surface area contributed by atoms with Gasteiger partial charge in [-0.25, -0.2) is 4.79 Å². The van der Waals surface area contributed by atoms with Crippen LogP contribution in [-0.2, 0) is 30.4 Å². The van der Waals surface area contributed by atoms with E-state index in [1.165, 1.54) is 0 Å². The van der Waals surface area contributed by atoms with E-state index in [2.05, 4.69) is 20.9 Å². The van der Waals surface area contributed by atoms with Gasteiger partial charge in [0.1, 0.15) is 18.1 Å². The summed E-state index contributed by atoms with van der Waals surface area (Å²) in [6.07, 6.45) is 3.16. The number of amides is 4. The van der Waals surface area contributed by atoms with Crippen molar-refractivity contribution in [1.29, 1.82) is 0 Å². The largest absolute Gasteiger partial charge is 0.480 e. The molecule has 2 rings (SSSR count). The highest BCUT2D eigenvalue weighted by molar-refractivity contribution is 5.95. The number of primary amides is 1. The van der Waals surface area contributed by atoms with Crippen LogP contribution < -0.4 is 33.2 Å². The van der Waals surface area contributed by atoms with Crippen LogP contribution in [0.1, 0.15) is 51.5 Å². The van der Waals surface area contributed by atoms with Gasteiger partial charge in [-0.05, 0) is 43.4 Å². The number of aromatic amines is 1. The van der Waals surface area contributed by atoms with E-state index in [9.17, 15) is 29.1 Å². The van der Waals surface area contributed by atoms with E-state index in [1.807, 2.05) is 31.2 Å². The maximum atomic E-state index is 13.3. The van der Waals surface area contributed by atoms with Crippen LogP contribution in [0.4, 0.5) is 0 Å². The molecule has 13 heteroatoms. The number of carboxylic acids is 1. The fourth-order valence-electron chi connectivity index (χ4n) is 4.29. The molecular formula is C27H41N7O6. The Morgan fingerprint density at radius 2 is 1.65 bits per heavy atom. The summed E-state index contributed by atoms with van der Waals surface area (Å²) in [6, 6.07) is 2.80. The van der Waals surface area contributed by atoms with Crippen molar-refractivity contribution in [3.8, 4) is 0 Å². The second-order valence-corrected chi connectivity index (χ2v) is 9.96. The number of rotatable bonds is 17. The zero-order valence-electron chi connectivity index (χ0n) is 22.9. The van der Waals surface area contributed by atoms with Gasteiger partial charge in [0.05, 0.1) is 12.5 Å². The third kappa shape index (κ3) is 9.35. The summed E-state index contributed by atoms with van der Waals surface area (Å²) >= 11 is 0. The highest BCUT2D eigenvalue weighted by Gasteiger charge is 2.33. The molecule has 1 heterocycles. The van der Waals surface area contributed by atoms with E-state index >= 15 is 0 Å². The number of H-pyrrole nitrogens is 1. The number of nitrogens with two attached hydrogens (primary N) is 3. The molecule has 0 bridgehead atoms. The topological polar surface area (TPSA) is 236 Å². The Hall–Kier alpha value is -3.97. The molecule has 0 saturated carbocycles. The van der Waals surface area contributed by atoms with Crippen molar-refractivity contribution in [3.63, 3.8) is 0 Å². The summed E-state index contributed by atoms with van der Waals surface area (Å²) in [5.41, 5.74) is 18.0. The van der Waals surface area contributed by atoms with Crippen LogP contribution in [0.3, 0.4) is 0 Å². The molecule has 0 aliphatic carbocycles. The minimum Gasteiger partial charge on any atom is -0.480 e. The maximum Gasteiger partial charge on any atom is 0.326 e. The van der Waals surface area contributed by atoms with Crippen LogP contribution in [0.5, 0.6) is 0 Å². The van der Waals surface area contributed by atoms with Gasteiger partial charge in [0.25, 0.3) is 0 Å². The molecule has 4 amide bonds. The summed E-state index contributed by atoms with van der Waals surface area (Å²) in [6.45, 7) is 3.97. The van der Waals surface area contributed by atoms with E-state index in [1.54, 1.807) is 13.1 Å². The summed E-state index contributed by atoms with van der Waals surface area (Å²) in [5.74, 6) is -4.37. The van der Waals surface area contributed by atoms with Gasteiger partial charge >= 0.3 is 5.97 Å². The first-order valence-corrected chi connectivity index (χ1v) is 13.4. The molecule has 0 radical (unpaired) electrons. The molecule has 220 valence electrons. The maximum absolute atomic E-state index is 13.3. The molecule has 0 aliphatic rings. The molecule has 2 aromatic rings. The van der Waals surface area contributed by atoms with E-state index < -0.39 is 60.2 Å². The van der Waals surface area contributed by atoms with Crippen LogP contribution in [-0.4, -0.2) is 70.4 Å². The van der Waals surface area contributed by atoms with Gasteiger partial charge in [-0.3, -0.25) is 19.2 Å². The van der Waals surface area contributed by atoms with E-state index in [-0.39, 0.29) is 18.8 Å². The number of hydrogen-bond donors (Lipinski definition) is 8. The van der Waals surface area contributed by atoms with Crippen molar-refractivity contribution in [1.82, 2.24) is 20.9 Å². The van der Waals surface area contributed by atoms with E-state index in [0.717, 1.165) is 16.5 Å². The zero-order chi connectivity index (χ0) is 29.8. The molecule has 1 aromatic heterocycles. The Balaban J connectivity index is 2.19. The van der Waals surface area contributed by atoms with Gasteiger partial charge in [-0.2, -0.15) is 0 Å². The van der Waals surface area contributed by atoms with Crippen molar-refractivity contribution in [3.05, 3.63) is 36.0 Å². The van der Waals surface area contributed by atoms with Gasteiger partial charge < -0.3 is 43.2 Å². The average molecular weight is 560 g/mol. The van der Waals surface area contributed by atoms with E-state index in [4.69, 9.17) is 17.2 Å². The number of hydrogen-bond acceptors (Lipinski definition) is 7. The molecule has 13 nitrogen and oxygen atoms in total. The molecule has 11 N–H and O–H groups in total. The molecule has 40 heavy (non-hydrogen) atoms. The van der Waals surface area contributed by atoms with Gasteiger partial charge in [0.2, 0.25) is 23.6 Å². The predicted molar refractivity (Wildman–Crippen MR) is 150 cm³/mol. The number of aliphatic carboxylic acids is 1. The number of aromatic nitrogens is 1. The predicted octanol–water partition coefficient (Wildman–Crippen LogP) is -0.373. The summed E-state index contributed by atoms with van der Waals surface area (Å²) < 4.78 is 0. The second-order valence-electron chi connectivity index (χ2n) is 9.96. The summed E-state index contributed by atoms with van der Waals surface area (Å²) in [7, 11) is 0. The lowest BCUT2D eigenvalue weighted by molar-refractivity contribution is -0.142. The minimum absolute atomic E-state index is 0.0295. The van der Waals surface area contributed by atoms with Crippen molar-refractivity contribution < 1.29 is 29.1 Å². The molecule has 0 aliphatic heterocycles. The highest BCUT2D eigenvalue weighted by atomic mass is 16.4. The monoisotopic (exact) mass is 559 g/mol. The lowest BCUT2D eigenvalue weighted by Crippen LogP contribution is -2.59. The Labute approximate surface area is 233 Å². The Kier molecular flexibility index (Phi) is 12.6. The molecule has 0 saturated heterocycles. The normalized spacial score (nSPS) is 14.9. The summed E-state index contributed by atoms with van der Waals surface area (Å²) in [5, 5.41) is 18.5. The van der Waals surface area contributed by atoms with Gasteiger partial charge in [0.15, 0.2) is 0 Å². The molecule has 0 fully saturated rings. The molecule has 0 spiro atoms. The van der Waals surface area contributed by atoms with Gasteiger partial charge in [0, 0.05) is 23.5 Å². The number of unbranched alkanes of at least 4 members (excludes halogenated alkanes) is 1. The first-order valence-electron chi connectivity index (χ1n) is 13.4. The Morgan fingerprint density at radius 3 is 2.27 bits per heavy atom. The van der Waals surface area contributed by atoms with Crippen LogP contribution in [0.25, 0.3) is 10.9 Å². The highest BCUT2D eigenvalue weighted by Crippen LogP contribution is 2.19. The molecule has 5 atom stereocenters. The van der Waals surface area contributed by atoms with Crippen molar-refractivity contribution in [2.45, 2.75) is 76.5 Å². The fraction of sp³-hybridized carbons (Fsp3) is 0.519. The van der Waals surface area contributed by atoms with Gasteiger partial charge in [-0.15, -0.1) is 0 Å². The number of benzene rings is 1. The fourth-order valence-corrected chi connectivity index (χ4v) is 4.29. The van der Waals surface area contributed by atoms with Crippen LogP contribution in [0, 0.1) is 5.92 Å². The summed E-state index contributed by atoms with van der Waals surface area (Å²) in [4.78, 5) is 65.5. The number of carbonyl (C=O) groups excluding carboxylic acids is 4. The average Bonchev–Trinajstić information content (AvgIpc) is 3.32. The molecular weight excluding hydrogens is 518 g/mol. The Bertz CT molecular complexity index is 1180. The molecule has 5 unspecified atom stereocenters. The quantitative estimate of drug-likeness (QED) is 0.119. The minimum atomic E-state index is -1.25. The lowest BCUT2D eigenvalue weighted by Gasteiger charge is -2.28. The lowest BCUT2D eigenvalue weighted by atomic mass is 9.96. The first-order chi connectivity index (χ1) is 19.0.